The Balaban J connectivity index is 2.30. The molecule has 0 aliphatic carbocycles. The molecule has 0 bridgehead atoms. The highest BCUT2D eigenvalue weighted by Crippen LogP contribution is 2.29. The van der Waals surface area contributed by atoms with Gasteiger partial charge in [-0.2, -0.15) is 0 Å². The van der Waals surface area contributed by atoms with E-state index in [1.807, 2.05) is 4.68 Å². The van der Waals surface area contributed by atoms with Crippen molar-refractivity contribution in [3.05, 3.63) is 6.33 Å². The predicted octanol–water partition coefficient (Wildman–Crippen LogP) is 0.386. The summed E-state index contributed by atoms with van der Waals surface area (Å²) in [4.78, 5) is 3.93. The number of anilines is 1. The SMILES string of the molecule is CCC1(n2cnc(N)n2)CCOC1. The lowest BCUT2D eigenvalue weighted by atomic mass is 9.96. The molecule has 0 radical (unpaired) electrons. The van der Waals surface area contributed by atoms with Crippen molar-refractivity contribution in [2.75, 3.05) is 18.9 Å². The predicted molar refractivity (Wildman–Crippen MR) is 48.1 cm³/mol. The molecule has 2 heterocycles. The Morgan fingerprint density at radius 2 is 2.62 bits per heavy atom. The smallest absolute Gasteiger partial charge is 0.239 e. The lowest BCUT2D eigenvalue weighted by Gasteiger charge is -2.25. The maximum atomic E-state index is 5.48. The van der Waals surface area contributed by atoms with Gasteiger partial charge in [-0.15, -0.1) is 5.10 Å². The fourth-order valence-corrected chi connectivity index (χ4v) is 1.72. The minimum Gasteiger partial charge on any atom is -0.379 e. The number of aromatic nitrogens is 3. The van der Waals surface area contributed by atoms with E-state index in [-0.39, 0.29) is 5.54 Å². The summed E-state index contributed by atoms with van der Waals surface area (Å²) in [7, 11) is 0. The number of hydrogen-bond acceptors (Lipinski definition) is 4. The second kappa shape index (κ2) is 2.99. The van der Waals surface area contributed by atoms with Crippen molar-refractivity contribution >= 4 is 5.95 Å². The summed E-state index contributed by atoms with van der Waals surface area (Å²) >= 11 is 0. The van der Waals surface area contributed by atoms with Crippen molar-refractivity contribution in [1.82, 2.24) is 14.8 Å². The molecule has 13 heavy (non-hydrogen) atoms. The van der Waals surface area contributed by atoms with Gasteiger partial charge in [-0.05, 0) is 12.8 Å². The average Bonchev–Trinajstić information content (AvgIpc) is 2.73. The van der Waals surface area contributed by atoms with Crippen molar-refractivity contribution < 1.29 is 4.74 Å². The quantitative estimate of drug-likeness (QED) is 0.718. The molecule has 1 saturated heterocycles. The van der Waals surface area contributed by atoms with Crippen molar-refractivity contribution in [2.24, 2.45) is 0 Å². The Kier molecular flexibility index (Phi) is 1.95. The van der Waals surface area contributed by atoms with Gasteiger partial charge in [-0.1, -0.05) is 6.92 Å². The summed E-state index contributed by atoms with van der Waals surface area (Å²) in [5, 5.41) is 4.14. The van der Waals surface area contributed by atoms with Crippen molar-refractivity contribution in [3.8, 4) is 0 Å². The maximum absolute atomic E-state index is 5.48. The minimum absolute atomic E-state index is 0.00931. The maximum Gasteiger partial charge on any atom is 0.239 e. The number of nitrogen functional groups attached to an aromatic ring is 1. The van der Waals surface area contributed by atoms with E-state index in [1.54, 1.807) is 6.33 Å². The summed E-state index contributed by atoms with van der Waals surface area (Å²) in [6, 6.07) is 0. The van der Waals surface area contributed by atoms with Crippen LogP contribution < -0.4 is 5.73 Å². The highest BCUT2D eigenvalue weighted by molar-refractivity contribution is 5.10. The van der Waals surface area contributed by atoms with E-state index in [2.05, 4.69) is 17.0 Å². The van der Waals surface area contributed by atoms with Gasteiger partial charge in [-0.3, -0.25) is 0 Å². The molecule has 5 nitrogen and oxygen atoms in total. The van der Waals surface area contributed by atoms with Crippen LogP contribution in [0.3, 0.4) is 0 Å². The van der Waals surface area contributed by atoms with Gasteiger partial charge in [0.1, 0.15) is 6.33 Å². The molecule has 72 valence electrons. The first-order valence-corrected chi connectivity index (χ1v) is 4.52. The highest BCUT2D eigenvalue weighted by atomic mass is 16.5. The Labute approximate surface area is 76.9 Å². The molecule has 0 saturated carbocycles. The van der Waals surface area contributed by atoms with E-state index < -0.39 is 0 Å². The Bertz CT molecular complexity index is 290. The van der Waals surface area contributed by atoms with E-state index in [1.165, 1.54) is 0 Å². The van der Waals surface area contributed by atoms with Crippen LogP contribution in [0.15, 0.2) is 6.33 Å². The highest BCUT2D eigenvalue weighted by Gasteiger charge is 2.36. The van der Waals surface area contributed by atoms with Crippen molar-refractivity contribution in [1.29, 1.82) is 0 Å². The zero-order valence-electron chi connectivity index (χ0n) is 7.73. The summed E-state index contributed by atoms with van der Waals surface area (Å²) in [6.07, 6.45) is 3.68. The first-order chi connectivity index (χ1) is 6.27. The molecule has 1 aromatic heterocycles. The number of hydrogen-bond donors (Lipinski definition) is 1. The van der Waals surface area contributed by atoms with Gasteiger partial charge in [0.15, 0.2) is 0 Å². The van der Waals surface area contributed by atoms with Crippen LogP contribution in [0.1, 0.15) is 19.8 Å². The van der Waals surface area contributed by atoms with Gasteiger partial charge >= 0.3 is 0 Å². The summed E-state index contributed by atoms with van der Waals surface area (Å²) in [6.45, 7) is 3.65. The second-order valence-electron chi connectivity index (χ2n) is 3.43. The Morgan fingerprint density at radius 1 is 1.77 bits per heavy atom. The zero-order valence-corrected chi connectivity index (χ0v) is 7.73. The normalized spacial score (nSPS) is 28.1. The molecule has 1 aliphatic rings. The van der Waals surface area contributed by atoms with Gasteiger partial charge in [0.25, 0.3) is 0 Å². The van der Waals surface area contributed by atoms with Crippen molar-refractivity contribution in [2.45, 2.75) is 25.3 Å². The van der Waals surface area contributed by atoms with Crippen LogP contribution in [-0.2, 0) is 10.3 Å². The fourth-order valence-electron chi connectivity index (χ4n) is 1.72. The fraction of sp³-hybridized carbons (Fsp3) is 0.750. The van der Waals surface area contributed by atoms with Gasteiger partial charge in [0.05, 0.1) is 12.1 Å². The molecular weight excluding hydrogens is 168 g/mol. The van der Waals surface area contributed by atoms with Gasteiger partial charge < -0.3 is 10.5 Å². The molecule has 1 aliphatic heterocycles. The van der Waals surface area contributed by atoms with E-state index in [4.69, 9.17) is 10.5 Å². The van der Waals surface area contributed by atoms with Gasteiger partial charge in [0, 0.05) is 6.61 Å². The van der Waals surface area contributed by atoms with E-state index in [9.17, 15) is 0 Å². The molecule has 0 aromatic carbocycles. The van der Waals surface area contributed by atoms with E-state index >= 15 is 0 Å². The average molecular weight is 182 g/mol. The number of nitrogens with zero attached hydrogens (tertiary/aromatic N) is 3. The van der Waals surface area contributed by atoms with Crippen LogP contribution in [0, 0.1) is 0 Å². The Hall–Kier alpha value is -1.10. The minimum atomic E-state index is -0.00931. The molecule has 1 aromatic rings. The standard InChI is InChI=1S/C8H14N4O/c1-2-8(3-4-13-5-8)12-6-10-7(9)11-12/h6H,2-5H2,1H3,(H2,9,11). The monoisotopic (exact) mass is 182 g/mol. The summed E-state index contributed by atoms with van der Waals surface area (Å²) in [5.74, 6) is 0.333. The van der Waals surface area contributed by atoms with Gasteiger partial charge in [-0.25, -0.2) is 9.67 Å². The molecule has 0 amide bonds. The second-order valence-corrected chi connectivity index (χ2v) is 3.43. The Morgan fingerprint density at radius 3 is 3.08 bits per heavy atom. The van der Waals surface area contributed by atoms with Crippen LogP contribution in [0.5, 0.6) is 0 Å². The number of nitrogens with two attached hydrogens (primary N) is 1. The van der Waals surface area contributed by atoms with Gasteiger partial charge in [0.2, 0.25) is 5.95 Å². The summed E-state index contributed by atoms with van der Waals surface area (Å²) in [5.41, 5.74) is 5.47. The lowest BCUT2D eigenvalue weighted by Crippen LogP contribution is -2.33. The third kappa shape index (κ3) is 1.29. The lowest BCUT2D eigenvalue weighted by molar-refractivity contribution is 0.144. The van der Waals surface area contributed by atoms with Crippen LogP contribution >= 0.6 is 0 Å². The van der Waals surface area contributed by atoms with Crippen LogP contribution in [0.4, 0.5) is 5.95 Å². The third-order valence-corrected chi connectivity index (χ3v) is 2.74. The van der Waals surface area contributed by atoms with E-state index in [0.29, 0.717) is 12.6 Å². The molecular formula is C8H14N4O. The molecule has 5 heteroatoms. The van der Waals surface area contributed by atoms with Crippen LogP contribution in [0.25, 0.3) is 0 Å². The van der Waals surface area contributed by atoms with Crippen LogP contribution in [-0.4, -0.2) is 28.0 Å². The summed E-state index contributed by atoms with van der Waals surface area (Å²) < 4.78 is 7.23. The van der Waals surface area contributed by atoms with Crippen LogP contribution in [0.2, 0.25) is 0 Å². The zero-order chi connectivity index (χ0) is 9.31. The molecule has 0 spiro atoms. The molecule has 1 fully saturated rings. The molecule has 2 rings (SSSR count). The topological polar surface area (TPSA) is 66.0 Å². The molecule has 2 N–H and O–H groups in total. The van der Waals surface area contributed by atoms with Crippen molar-refractivity contribution in [3.63, 3.8) is 0 Å². The van der Waals surface area contributed by atoms with E-state index in [0.717, 1.165) is 19.4 Å². The molecule has 1 unspecified atom stereocenters. The first kappa shape index (κ1) is 8.50. The largest absolute Gasteiger partial charge is 0.379 e. The number of rotatable bonds is 2. The molecule has 1 atom stereocenters. The first-order valence-electron chi connectivity index (χ1n) is 4.52. The third-order valence-electron chi connectivity index (χ3n) is 2.74. The number of ether oxygens (including phenoxy) is 1.